The summed E-state index contributed by atoms with van der Waals surface area (Å²) in [4.78, 5) is 2.52. The van der Waals surface area contributed by atoms with Crippen molar-refractivity contribution in [1.82, 2.24) is 24.6 Å². The van der Waals surface area contributed by atoms with Crippen LogP contribution in [0.15, 0.2) is 61.1 Å². The summed E-state index contributed by atoms with van der Waals surface area (Å²) in [5.41, 5.74) is 7.52. The quantitative estimate of drug-likeness (QED) is 0.358. The lowest BCUT2D eigenvalue weighted by atomic mass is 9.93. The Morgan fingerprint density at radius 2 is 1.85 bits per heavy atom. The molecule has 0 spiro atoms. The van der Waals surface area contributed by atoms with Crippen LogP contribution in [0.2, 0.25) is 0 Å². The average molecular weight is 520 g/mol. The number of aliphatic hydroxyl groups is 1. The zero-order valence-electron chi connectivity index (χ0n) is 22.0. The third kappa shape index (κ3) is 4.62. The smallest absolute Gasteiger partial charge is 0.185 e. The fourth-order valence-corrected chi connectivity index (χ4v) is 6.47. The number of hydrogen-bond donors (Lipinski definition) is 2. The molecule has 2 aromatic heterocycles. The zero-order chi connectivity index (χ0) is 26.3. The van der Waals surface area contributed by atoms with E-state index >= 15 is 0 Å². The molecule has 4 aromatic rings. The van der Waals surface area contributed by atoms with Crippen molar-refractivity contribution in [3.63, 3.8) is 0 Å². The van der Waals surface area contributed by atoms with Crippen molar-refractivity contribution in [2.45, 2.75) is 50.8 Å². The Balaban J connectivity index is 1.11. The van der Waals surface area contributed by atoms with E-state index in [9.17, 15) is 5.11 Å². The summed E-state index contributed by atoms with van der Waals surface area (Å²) in [7, 11) is 0. The lowest BCUT2D eigenvalue weighted by Gasteiger charge is -2.27. The monoisotopic (exact) mass is 519 g/mol. The molecule has 0 bridgehead atoms. The molecule has 0 unspecified atom stereocenters. The molecule has 198 valence electrons. The Morgan fingerprint density at radius 1 is 1.00 bits per heavy atom. The summed E-state index contributed by atoms with van der Waals surface area (Å²) in [6, 6.07) is 19.4. The van der Waals surface area contributed by atoms with Gasteiger partial charge < -0.3 is 19.9 Å². The number of rotatable bonds is 5. The maximum atomic E-state index is 9.78. The molecule has 39 heavy (non-hydrogen) atoms. The Kier molecular flexibility index (Phi) is 6.18. The summed E-state index contributed by atoms with van der Waals surface area (Å²) in [6.45, 7) is 3.95. The van der Waals surface area contributed by atoms with Crippen LogP contribution in [-0.4, -0.2) is 56.2 Å². The number of hydrogen-bond acceptors (Lipinski definition) is 6. The first-order valence-corrected chi connectivity index (χ1v) is 14.1. The number of nitrogens with zero attached hydrogens (tertiary/aromatic N) is 6. The number of nitriles is 1. The summed E-state index contributed by atoms with van der Waals surface area (Å²) < 4.78 is 4.36. The fraction of sp³-hybridized carbons (Fsp3) is 0.387. The maximum absolute atomic E-state index is 9.78. The van der Waals surface area contributed by atoms with Gasteiger partial charge in [-0.1, -0.05) is 12.1 Å². The Hall–Kier alpha value is -3.93. The number of fused-ring (bicyclic) bond motifs is 5. The Bertz CT molecular complexity index is 1520. The molecule has 1 saturated carbocycles. The summed E-state index contributed by atoms with van der Waals surface area (Å²) in [6.07, 6.45) is 9.11. The van der Waals surface area contributed by atoms with Gasteiger partial charge in [-0.25, -0.2) is 0 Å². The highest BCUT2D eigenvalue weighted by Crippen LogP contribution is 2.35. The number of aromatic nitrogens is 4. The number of nitrogens with one attached hydrogen (secondary N) is 1. The molecular formula is C31H33N7O. The topological polar surface area (TPSA) is 94.9 Å². The van der Waals surface area contributed by atoms with E-state index < -0.39 is 0 Å². The van der Waals surface area contributed by atoms with Gasteiger partial charge >= 0.3 is 0 Å². The van der Waals surface area contributed by atoms with Gasteiger partial charge in [0, 0.05) is 43.1 Å². The van der Waals surface area contributed by atoms with E-state index in [0.29, 0.717) is 17.5 Å². The fourth-order valence-electron chi connectivity index (χ4n) is 6.47. The number of benzene rings is 2. The van der Waals surface area contributed by atoms with Crippen molar-refractivity contribution in [1.29, 1.82) is 5.26 Å². The van der Waals surface area contributed by atoms with Gasteiger partial charge in [0.2, 0.25) is 0 Å². The molecule has 1 atom stereocenters. The van der Waals surface area contributed by atoms with Gasteiger partial charge in [0.1, 0.15) is 6.33 Å². The first-order valence-electron chi connectivity index (χ1n) is 14.1. The number of aliphatic hydroxyl groups excluding tert-OH is 1. The van der Waals surface area contributed by atoms with E-state index in [1.807, 2.05) is 24.3 Å². The average Bonchev–Trinajstić information content (AvgIpc) is 3.72. The lowest BCUT2D eigenvalue weighted by molar-refractivity contribution is 0.116. The first kappa shape index (κ1) is 24.1. The van der Waals surface area contributed by atoms with Crippen molar-refractivity contribution < 1.29 is 5.11 Å². The van der Waals surface area contributed by atoms with Crippen LogP contribution >= 0.6 is 0 Å². The Morgan fingerprint density at radius 3 is 2.67 bits per heavy atom. The molecule has 2 N–H and O–H groups in total. The molecule has 2 fully saturated rings. The molecule has 0 radical (unpaired) electrons. The summed E-state index contributed by atoms with van der Waals surface area (Å²) >= 11 is 0. The van der Waals surface area contributed by atoms with Crippen LogP contribution in [0, 0.1) is 17.2 Å². The molecule has 3 aliphatic rings. The van der Waals surface area contributed by atoms with Crippen LogP contribution in [0.5, 0.6) is 0 Å². The minimum absolute atomic E-state index is 0.0995. The molecule has 1 saturated heterocycles. The van der Waals surface area contributed by atoms with Crippen LogP contribution < -0.4 is 10.2 Å². The second-order valence-electron chi connectivity index (χ2n) is 11.3. The van der Waals surface area contributed by atoms with Crippen molar-refractivity contribution in [2.24, 2.45) is 5.92 Å². The third-order valence-electron chi connectivity index (χ3n) is 8.73. The van der Waals surface area contributed by atoms with Gasteiger partial charge in [0.15, 0.2) is 5.82 Å². The first-order chi connectivity index (χ1) is 19.1. The third-order valence-corrected chi connectivity index (χ3v) is 8.73. The predicted molar refractivity (Wildman–Crippen MR) is 151 cm³/mol. The standard InChI is InChI=1S/C31H33N7O/c32-15-21-1-3-23(4-2-21)24-14-30-31-35-34-20-38(31)29-10-7-27(13-25(29)19-37(30)18-24)36-12-11-22(17-36)16-33-26-5-8-28(39)9-6-26/h1-4,7,10,13-14,18,20,22,26,28,33,39H,5-6,8-9,11-12,16-17,19H2/t22-,26?,28?/m0/s1. The van der Waals surface area contributed by atoms with E-state index in [-0.39, 0.29) is 6.10 Å². The minimum atomic E-state index is -0.0995. The van der Waals surface area contributed by atoms with E-state index in [2.05, 4.69) is 66.1 Å². The van der Waals surface area contributed by atoms with E-state index in [4.69, 9.17) is 5.26 Å². The lowest BCUT2D eigenvalue weighted by Crippen LogP contribution is -2.38. The maximum Gasteiger partial charge on any atom is 0.185 e. The molecule has 1 aliphatic carbocycles. The largest absolute Gasteiger partial charge is 0.393 e. The van der Waals surface area contributed by atoms with Gasteiger partial charge in [-0.2, -0.15) is 5.26 Å². The van der Waals surface area contributed by atoms with Gasteiger partial charge in [0.25, 0.3) is 0 Å². The van der Waals surface area contributed by atoms with E-state index in [1.54, 1.807) is 6.33 Å². The molecule has 7 rings (SSSR count). The molecular weight excluding hydrogens is 486 g/mol. The second kappa shape index (κ2) is 9.99. The van der Waals surface area contributed by atoms with Crippen molar-refractivity contribution in [3.8, 4) is 34.4 Å². The van der Waals surface area contributed by atoms with E-state index in [0.717, 1.165) is 80.2 Å². The second-order valence-corrected chi connectivity index (χ2v) is 11.3. The zero-order valence-corrected chi connectivity index (χ0v) is 22.0. The van der Waals surface area contributed by atoms with Crippen LogP contribution in [0.1, 0.15) is 43.2 Å². The molecule has 0 amide bonds. The van der Waals surface area contributed by atoms with Crippen LogP contribution in [-0.2, 0) is 6.54 Å². The predicted octanol–water partition coefficient (Wildman–Crippen LogP) is 4.36. The number of anilines is 1. The van der Waals surface area contributed by atoms with Crippen molar-refractivity contribution >= 4 is 5.69 Å². The van der Waals surface area contributed by atoms with Gasteiger partial charge in [-0.15, -0.1) is 10.2 Å². The van der Waals surface area contributed by atoms with Crippen molar-refractivity contribution in [2.75, 3.05) is 24.5 Å². The summed E-state index contributed by atoms with van der Waals surface area (Å²) in [5, 5.41) is 31.5. The van der Waals surface area contributed by atoms with Crippen LogP contribution in [0.3, 0.4) is 0 Å². The van der Waals surface area contributed by atoms with Gasteiger partial charge in [0.05, 0.1) is 29.1 Å². The summed E-state index contributed by atoms with van der Waals surface area (Å²) in [5.74, 6) is 1.48. The molecule has 4 heterocycles. The SMILES string of the molecule is N#Cc1ccc(-c2cc3n(c2)Cc2cc(N4CC[C@@H](CNC5CCC(O)CC5)C4)ccc2-n2cnnc2-3)cc1. The van der Waals surface area contributed by atoms with Gasteiger partial charge in [-0.3, -0.25) is 4.57 Å². The van der Waals surface area contributed by atoms with Gasteiger partial charge in [-0.05, 0) is 92.1 Å². The van der Waals surface area contributed by atoms with Crippen molar-refractivity contribution in [3.05, 3.63) is 72.2 Å². The Labute approximate surface area is 228 Å². The highest BCUT2D eigenvalue weighted by Gasteiger charge is 2.27. The highest BCUT2D eigenvalue weighted by molar-refractivity contribution is 5.72. The van der Waals surface area contributed by atoms with Crippen LogP contribution in [0.4, 0.5) is 5.69 Å². The molecule has 8 nitrogen and oxygen atoms in total. The molecule has 2 aromatic carbocycles. The normalized spacial score (nSPS) is 22.1. The minimum Gasteiger partial charge on any atom is -0.393 e. The van der Waals surface area contributed by atoms with E-state index in [1.165, 1.54) is 17.7 Å². The molecule has 8 heteroatoms. The molecule has 2 aliphatic heterocycles. The van der Waals surface area contributed by atoms with Crippen LogP contribution in [0.25, 0.3) is 28.3 Å². The highest BCUT2D eigenvalue weighted by atomic mass is 16.3.